The van der Waals surface area contributed by atoms with Gasteiger partial charge in [-0.25, -0.2) is 0 Å². The fourth-order valence-corrected chi connectivity index (χ4v) is 2.99. The molecule has 0 amide bonds. The van der Waals surface area contributed by atoms with Crippen molar-refractivity contribution in [1.82, 2.24) is 0 Å². The van der Waals surface area contributed by atoms with Crippen molar-refractivity contribution in [2.75, 3.05) is 0 Å². The van der Waals surface area contributed by atoms with E-state index in [-0.39, 0.29) is 0 Å². The summed E-state index contributed by atoms with van der Waals surface area (Å²) in [5.41, 5.74) is 6.84. The highest BCUT2D eigenvalue weighted by Gasteiger charge is 2.18. The topological polar surface area (TPSA) is 9.23 Å². The number of unbranched alkanes of at least 4 members (excludes halogenated alkanes) is 1. The van der Waals surface area contributed by atoms with E-state index in [0.29, 0.717) is 6.61 Å². The minimum absolute atomic E-state index is 0.696. The number of hydrogen-bond donors (Lipinski definition) is 0. The predicted molar refractivity (Wildman–Crippen MR) is 84.2 cm³/mol. The molecule has 0 aromatic heterocycles. The molecule has 0 radical (unpaired) electrons. The summed E-state index contributed by atoms with van der Waals surface area (Å²) in [4.78, 5) is 0. The van der Waals surface area contributed by atoms with Crippen LogP contribution in [0.5, 0.6) is 5.75 Å². The van der Waals surface area contributed by atoms with Crippen LogP contribution in [0.25, 0.3) is 11.1 Å². The van der Waals surface area contributed by atoms with Crippen molar-refractivity contribution in [3.8, 4) is 16.9 Å². The van der Waals surface area contributed by atoms with Gasteiger partial charge in [-0.15, -0.1) is 0 Å². The zero-order valence-electron chi connectivity index (χ0n) is 12.4. The third kappa shape index (κ3) is 2.33. The Bertz CT molecular complexity index is 613. The van der Waals surface area contributed by atoms with Crippen LogP contribution < -0.4 is 4.74 Å². The molecule has 0 saturated carbocycles. The lowest BCUT2D eigenvalue weighted by Gasteiger charge is -2.23. The van der Waals surface area contributed by atoms with E-state index in [9.17, 15) is 0 Å². The Hall–Kier alpha value is -1.76. The molecule has 20 heavy (non-hydrogen) atoms. The number of rotatable bonds is 4. The zero-order chi connectivity index (χ0) is 13.9. The summed E-state index contributed by atoms with van der Waals surface area (Å²) in [6.45, 7) is 5.19. The number of ether oxygens (including phenoxy) is 1. The molecule has 1 aliphatic rings. The van der Waals surface area contributed by atoms with Gasteiger partial charge >= 0.3 is 0 Å². The van der Waals surface area contributed by atoms with Gasteiger partial charge in [-0.05, 0) is 53.6 Å². The van der Waals surface area contributed by atoms with Gasteiger partial charge in [0.25, 0.3) is 0 Å². The molecule has 0 fully saturated rings. The molecule has 0 aliphatic carbocycles. The van der Waals surface area contributed by atoms with Crippen molar-refractivity contribution in [1.29, 1.82) is 0 Å². The summed E-state index contributed by atoms with van der Waals surface area (Å²) < 4.78 is 5.97. The number of fused-ring (bicyclic) bond motifs is 3. The van der Waals surface area contributed by atoms with Gasteiger partial charge in [0.15, 0.2) is 0 Å². The highest BCUT2D eigenvalue weighted by atomic mass is 16.5. The van der Waals surface area contributed by atoms with Crippen LogP contribution >= 0.6 is 0 Å². The Labute approximate surface area is 121 Å². The van der Waals surface area contributed by atoms with Crippen LogP contribution in [-0.2, 0) is 19.4 Å². The standard InChI is InChI=1S/C19H22O/c1-3-5-8-15-12-19-18(11-14(15)4-2)17-10-7-6-9-16(17)13-20-19/h6-7,9-12H,3-5,8,13H2,1-2H3. The van der Waals surface area contributed by atoms with Gasteiger partial charge in [-0.1, -0.05) is 44.5 Å². The zero-order valence-corrected chi connectivity index (χ0v) is 12.4. The van der Waals surface area contributed by atoms with Crippen molar-refractivity contribution < 1.29 is 4.74 Å². The average molecular weight is 266 g/mol. The van der Waals surface area contributed by atoms with Crippen molar-refractivity contribution in [3.05, 3.63) is 53.1 Å². The molecule has 0 saturated heterocycles. The Morgan fingerprint density at radius 2 is 1.85 bits per heavy atom. The molecule has 2 aromatic carbocycles. The molecule has 1 heteroatoms. The van der Waals surface area contributed by atoms with E-state index in [1.165, 1.54) is 40.7 Å². The molecular weight excluding hydrogens is 244 g/mol. The minimum Gasteiger partial charge on any atom is -0.488 e. The number of hydrogen-bond acceptors (Lipinski definition) is 1. The van der Waals surface area contributed by atoms with Crippen LogP contribution in [0.15, 0.2) is 36.4 Å². The van der Waals surface area contributed by atoms with Crippen LogP contribution in [0.4, 0.5) is 0 Å². The van der Waals surface area contributed by atoms with Crippen molar-refractivity contribution in [2.45, 2.75) is 46.1 Å². The smallest absolute Gasteiger partial charge is 0.127 e. The summed E-state index contributed by atoms with van der Waals surface area (Å²) >= 11 is 0. The maximum Gasteiger partial charge on any atom is 0.127 e. The Balaban J connectivity index is 2.07. The second-order valence-corrected chi connectivity index (χ2v) is 5.52. The lowest BCUT2D eigenvalue weighted by molar-refractivity contribution is 0.302. The average Bonchev–Trinajstić information content (AvgIpc) is 2.51. The first-order valence-corrected chi connectivity index (χ1v) is 7.70. The Morgan fingerprint density at radius 3 is 2.65 bits per heavy atom. The first-order chi connectivity index (χ1) is 9.83. The van der Waals surface area contributed by atoms with Crippen LogP contribution in [0.1, 0.15) is 43.4 Å². The molecule has 0 N–H and O–H groups in total. The molecule has 1 nitrogen and oxygen atoms in total. The summed E-state index contributed by atoms with van der Waals surface area (Å²) in [5, 5.41) is 0. The maximum absolute atomic E-state index is 5.97. The summed E-state index contributed by atoms with van der Waals surface area (Å²) in [5.74, 6) is 1.06. The van der Waals surface area contributed by atoms with Crippen molar-refractivity contribution in [2.24, 2.45) is 0 Å². The quantitative estimate of drug-likeness (QED) is 0.743. The first-order valence-electron chi connectivity index (χ1n) is 7.70. The lowest BCUT2D eigenvalue weighted by atomic mass is 9.91. The van der Waals surface area contributed by atoms with E-state index in [2.05, 4.69) is 50.2 Å². The van der Waals surface area contributed by atoms with Gasteiger partial charge in [-0.2, -0.15) is 0 Å². The SMILES string of the molecule is CCCCc1cc2c(cc1CC)-c1ccccc1CO2. The lowest BCUT2D eigenvalue weighted by Crippen LogP contribution is -2.07. The molecular formula is C19H22O. The Morgan fingerprint density at radius 1 is 1.00 bits per heavy atom. The molecule has 2 aromatic rings. The highest BCUT2D eigenvalue weighted by Crippen LogP contribution is 2.39. The molecule has 0 atom stereocenters. The van der Waals surface area contributed by atoms with Crippen molar-refractivity contribution >= 4 is 0 Å². The third-order valence-electron chi connectivity index (χ3n) is 4.17. The second-order valence-electron chi connectivity index (χ2n) is 5.52. The number of benzene rings is 2. The molecule has 0 spiro atoms. The van der Waals surface area contributed by atoms with Gasteiger partial charge in [0.1, 0.15) is 12.4 Å². The predicted octanol–water partition coefficient (Wildman–Crippen LogP) is 5.15. The monoisotopic (exact) mass is 266 g/mol. The summed E-state index contributed by atoms with van der Waals surface area (Å²) in [6.07, 6.45) is 4.75. The number of aryl methyl sites for hydroxylation is 2. The summed E-state index contributed by atoms with van der Waals surface area (Å²) in [6, 6.07) is 13.2. The van der Waals surface area contributed by atoms with Crippen LogP contribution in [0, 0.1) is 0 Å². The minimum atomic E-state index is 0.696. The second kappa shape index (κ2) is 5.70. The van der Waals surface area contributed by atoms with E-state index in [1.54, 1.807) is 0 Å². The molecule has 1 heterocycles. The van der Waals surface area contributed by atoms with Crippen LogP contribution in [0.2, 0.25) is 0 Å². The molecule has 0 unspecified atom stereocenters. The third-order valence-corrected chi connectivity index (χ3v) is 4.17. The fourth-order valence-electron chi connectivity index (χ4n) is 2.99. The normalized spacial score (nSPS) is 12.5. The molecule has 1 aliphatic heterocycles. The van der Waals surface area contributed by atoms with E-state index < -0.39 is 0 Å². The van der Waals surface area contributed by atoms with Crippen LogP contribution in [-0.4, -0.2) is 0 Å². The largest absolute Gasteiger partial charge is 0.488 e. The van der Waals surface area contributed by atoms with E-state index in [4.69, 9.17) is 4.74 Å². The first kappa shape index (κ1) is 13.2. The van der Waals surface area contributed by atoms with Crippen LogP contribution in [0.3, 0.4) is 0 Å². The molecule has 104 valence electrons. The van der Waals surface area contributed by atoms with Gasteiger partial charge < -0.3 is 4.74 Å². The van der Waals surface area contributed by atoms with Gasteiger partial charge in [0.05, 0.1) is 0 Å². The molecule has 0 bridgehead atoms. The maximum atomic E-state index is 5.97. The van der Waals surface area contributed by atoms with E-state index in [0.717, 1.165) is 18.6 Å². The molecule has 3 rings (SSSR count). The fraction of sp³-hybridized carbons (Fsp3) is 0.368. The van der Waals surface area contributed by atoms with Gasteiger partial charge in [0.2, 0.25) is 0 Å². The van der Waals surface area contributed by atoms with Gasteiger partial charge in [-0.3, -0.25) is 0 Å². The van der Waals surface area contributed by atoms with Gasteiger partial charge in [0, 0.05) is 5.56 Å². The highest BCUT2D eigenvalue weighted by molar-refractivity contribution is 5.76. The Kier molecular flexibility index (Phi) is 3.77. The van der Waals surface area contributed by atoms with E-state index in [1.807, 2.05) is 0 Å². The summed E-state index contributed by atoms with van der Waals surface area (Å²) in [7, 11) is 0. The van der Waals surface area contributed by atoms with Crippen molar-refractivity contribution in [3.63, 3.8) is 0 Å². The van der Waals surface area contributed by atoms with E-state index >= 15 is 0 Å².